The van der Waals surface area contributed by atoms with Gasteiger partial charge < -0.3 is 15.5 Å². The van der Waals surface area contributed by atoms with Crippen LogP contribution in [0.2, 0.25) is 0 Å². The summed E-state index contributed by atoms with van der Waals surface area (Å²) in [4.78, 5) is 14.5. The molecule has 1 fully saturated rings. The van der Waals surface area contributed by atoms with Crippen molar-refractivity contribution in [2.45, 2.75) is 6.42 Å². The normalized spacial score (nSPS) is 15.0. The van der Waals surface area contributed by atoms with Crippen molar-refractivity contribution < 1.29 is 13.6 Å². The highest BCUT2D eigenvalue weighted by atomic mass is 19.1. The zero-order valence-corrected chi connectivity index (χ0v) is 14.6. The Morgan fingerprint density at radius 2 is 1.73 bits per heavy atom. The van der Waals surface area contributed by atoms with Crippen LogP contribution in [-0.4, -0.2) is 50.1 Å². The van der Waals surface area contributed by atoms with Gasteiger partial charge in [0.15, 0.2) is 0 Å². The highest BCUT2D eigenvalue weighted by Crippen LogP contribution is 2.22. The first-order valence-electron chi connectivity index (χ1n) is 8.90. The summed E-state index contributed by atoms with van der Waals surface area (Å²) in [7, 11) is 0. The number of benzene rings is 2. The van der Waals surface area contributed by atoms with Gasteiger partial charge in [-0.1, -0.05) is 18.2 Å². The summed E-state index contributed by atoms with van der Waals surface area (Å²) < 4.78 is 27.3. The van der Waals surface area contributed by atoms with E-state index in [9.17, 15) is 13.6 Å². The molecule has 0 saturated carbocycles. The molecule has 0 bridgehead atoms. The Bertz CT molecular complexity index is 743. The summed E-state index contributed by atoms with van der Waals surface area (Å²) in [5.74, 6) is -1.33. The van der Waals surface area contributed by atoms with E-state index in [1.165, 1.54) is 24.3 Å². The third-order valence-electron chi connectivity index (χ3n) is 4.54. The molecule has 0 atom stereocenters. The average molecular weight is 359 g/mol. The van der Waals surface area contributed by atoms with E-state index in [1.54, 1.807) is 18.2 Å². The van der Waals surface area contributed by atoms with E-state index in [2.05, 4.69) is 15.5 Å². The Kier molecular flexibility index (Phi) is 6.30. The summed E-state index contributed by atoms with van der Waals surface area (Å²) in [6.45, 7) is 5.48. The van der Waals surface area contributed by atoms with Crippen molar-refractivity contribution in [1.29, 1.82) is 0 Å². The van der Waals surface area contributed by atoms with Crippen molar-refractivity contribution in [3.05, 3.63) is 59.7 Å². The van der Waals surface area contributed by atoms with Gasteiger partial charge in [-0.2, -0.15) is 0 Å². The first-order valence-corrected chi connectivity index (χ1v) is 8.90. The fourth-order valence-corrected chi connectivity index (χ4v) is 3.06. The third kappa shape index (κ3) is 4.86. The maximum atomic E-state index is 14.3. The smallest absolute Gasteiger partial charge is 0.254 e. The molecule has 1 aliphatic rings. The number of hydrogen-bond acceptors (Lipinski definition) is 3. The molecule has 1 saturated heterocycles. The van der Waals surface area contributed by atoms with Crippen LogP contribution >= 0.6 is 0 Å². The van der Waals surface area contributed by atoms with Gasteiger partial charge in [-0.05, 0) is 48.4 Å². The van der Waals surface area contributed by atoms with E-state index in [1.807, 2.05) is 0 Å². The fourth-order valence-electron chi connectivity index (χ4n) is 3.06. The van der Waals surface area contributed by atoms with Crippen molar-refractivity contribution in [3.8, 4) is 11.1 Å². The van der Waals surface area contributed by atoms with Crippen molar-refractivity contribution in [1.82, 2.24) is 15.5 Å². The predicted molar refractivity (Wildman–Crippen MR) is 98.1 cm³/mol. The van der Waals surface area contributed by atoms with Gasteiger partial charge in [0.05, 0.1) is 5.56 Å². The maximum absolute atomic E-state index is 14.3. The predicted octanol–water partition coefficient (Wildman–Crippen LogP) is 2.66. The topological polar surface area (TPSA) is 44.4 Å². The van der Waals surface area contributed by atoms with Crippen LogP contribution < -0.4 is 10.6 Å². The highest BCUT2D eigenvalue weighted by Gasteiger charge is 2.13. The van der Waals surface area contributed by atoms with E-state index in [0.717, 1.165) is 39.1 Å². The molecule has 0 aromatic heterocycles. The zero-order valence-electron chi connectivity index (χ0n) is 14.6. The van der Waals surface area contributed by atoms with Crippen molar-refractivity contribution >= 4 is 5.91 Å². The van der Waals surface area contributed by atoms with Gasteiger partial charge in [0.1, 0.15) is 11.6 Å². The second-order valence-electron chi connectivity index (χ2n) is 6.40. The van der Waals surface area contributed by atoms with Gasteiger partial charge in [0, 0.05) is 32.7 Å². The summed E-state index contributed by atoms with van der Waals surface area (Å²) in [5, 5.41) is 6.07. The number of nitrogens with one attached hydrogen (secondary N) is 2. The van der Waals surface area contributed by atoms with Crippen LogP contribution in [0.25, 0.3) is 11.1 Å². The standard InChI is InChI=1S/C20H23F2N3O/c21-17-5-2-15(3-6-17)16-4-7-18(19(22)14-16)20(26)24-8-1-11-25-12-9-23-10-13-25/h2-7,14,23H,1,8-13H2,(H,24,26). The molecule has 1 amide bonds. The third-order valence-corrected chi connectivity index (χ3v) is 4.54. The maximum Gasteiger partial charge on any atom is 0.254 e. The number of halogens is 2. The van der Waals surface area contributed by atoms with Crippen LogP contribution in [0.3, 0.4) is 0 Å². The van der Waals surface area contributed by atoms with Crippen LogP contribution in [0.5, 0.6) is 0 Å². The second kappa shape index (κ2) is 8.87. The summed E-state index contributed by atoms with van der Waals surface area (Å²) in [6, 6.07) is 10.3. The first kappa shape index (κ1) is 18.5. The van der Waals surface area contributed by atoms with Gasteiger partial charge in [0.2, 0.25) is 0 Å². The Morgan fingerprint density at radius 1 is 1.04 bits per heavy atom. The van der Waals surface area contributed by atoms with Gasteiger partial charge in [-0.3, -0.25) is 4.79 Å². The van der Waals surface area contributed by atoms with Gasteiger partial charge in [-0.25, -0.2) is 8.78 Å². The summed E-state index contributed by atoms with van der Waals surface area (Å²) in [5.41, 5.74) is 1.34. The Hall–Kier alpha value is -2.31. The number of piperazine rings is 1. The lowest BCUT2D eigenvalue weighted by molar-refractivity contribution is 0.0947. The molecule has 138 valence electrons. The number of carbonyl (C=O) groups excluding carboxylic acids is 1. The molecule has 2 N–H and O–H groups in total. The largest absolute Gasteiger partial charge is 0.352 e. The lowest BCUT2D eigenvalue weighted by Crippen LogP contribution is -2.44. The molecule has 4 nitrogen and oxygen atoms in total. The summed E-state index contributed by atoms with van der Waals surface area (Å²) in [6.07, 6.45) is 0.834. The molecule has 0 spiro atoms. The molecule has 2 aromatic rings. The quantitative estimate of drug-likeness (QED) is 0.780. The van der Waals surface area contributed by atoms with Crippen LogP contribution in [-0.2, 0) is 0 Å². The number of hydrogen-bond donors (Lipinski definition) is 2. The van der Waals surface area contributed by atoms with Gasteiger partial charge in [-0.15, -0.1) is 0 Å². The minimum absolute atomic E-state index is 0.0260. The van der Waals surface area contributed by atoms with E-state index < -0.39 is 11.7 Å². The van der Waals surface area contributed by atoms with E-state index >= 15 is 0 Å². The molecule has 0 aliphatic carbocycles. The highest BCUT2D eigenvalue weighted by molar-refractivity contribution is 5.95. The summed E-state index contributed by atoms with van der Waals surface area (Å²) >= 11 is 0. The monoisotopic (exact) mass is 359 g/mol. The van der Waals surface area contributed by atoms with E-state index in [4.69, 9.17) is 0 Å². The Balaban J connectivity index is 1.53. The zero-order chi connectivity index (χ0) is 18.4. The second-order valence-corrected chi connectivity index (χ2v) is 6.40. The minimum atomic E-state index is -0.577. The lowest BCUT2D eigenvalue weighted by atomic mass is 10.0. The van der Waals surface area contributed by atoms with Crippen molar-refractivity contribution in [3.63, 3.8) is 0 Å². The molecule has 0 radical (unpaired) electrons. The van der Waals surface area contributed by atoms with Crippen LogP contribution in [0, 0.1) is 11.6 Å². The van der Waals surface area contributed by atoms with E-state index in [-0.39, 0.29) is 11.4 Å². The number of rotatable bonds is 6. The van der Waals surface area contributed by atoms with Gasteiger partial charge in [0.25, 0.3) is 5.91 Å². The minimum Gasteiger partial charge on any atom is -0.352 e. The molecule has 2 aromatic carbocycles. The van der Waals surface area contributed by atoms with Crippen LogP contribution in [0.1, 0.15) is 16.8 Å². The van der Waals surface area contributed by atoms with Crippen LogP contribution in [0.15, 0.2) is 42.5 Å². The molecule has 3 rings (SSSR count). The molecule has 1 heterocycles. The number of nitrogens with zero attached hydrogens (tertiary/aromatic N) is 1. The fraction of sp³-hybridized carbons (Fsp3) is 0.350. The van der Waals surface area contributed by atoms with Gasteiger partial charge >= 0.3 is 0 Å². The van der Waals surface area contributed by atoms with Crippen molar-refractivity contribution in [2.24, 2.45) is 0 Å². The van der Waals surface area contributed by atoms with Crippen molar-refractivity contribution in [2.75, 3.05) is 39.3 Å². The number of carbonyl (C=O) groups is 1. The molecular weight excluding hydrogens is 336 g/mol. The average Bonchev–Trinajstić information content (AvgIpc) is 2.66. The molecule has 26 heavy (non-hydrogen) atoms. The first-order chi connectivity index (χ1) is 12.6. The van der Waals surface area contributed by atoms with E-state index in [0.29, 0.717) is 17.7 Å². The molecule has 0 unspecified atom stereocenters. The molecule has 6 heteroatoms. The molecular formula is C20H23F2N3O. The molecule has 1 aliphatic heterocycles. The Labute approximate surface area is 152 Å². The SMILES string of the molecule is O=C(NCCCN1CCNCC1)c1ccc(-c2ccc(F)cc2)cc1F. The lowest BCUT2D eigenvalue weighted by Gasteiger charge is -2.27. The Morgan fingerprint density at radius 3 is 2.42 bits per heavy atom. The number of amides is 1. The van der Waals surface area contributed by atoms with Crippen LogP contribution in [0.4, 0.5) is 8.78 Å².